The number of rotatable bonds is 6. The van der Waals surface area contributed by atoms with Crippen LogP contribution in [0, 0.1) is 6.92 Å². The smallest absolute Gasteiger partial charge is 0.170 e. The fourth-order valence-corrected chi connectivity index (χ4v) is 3.72. The van der Waals surface area contributed by atoms with Crippen molar-refractivity contribution < 1.29 is 4.74 Å². The predicted molar refractivity (Wildman–Crippen MR) is 112 cm³/mol. The molecule has 0 amide bonds. The average Bonchev–Trinajstić information content (AvgIpc) is 3.17. The second-order valence-corrected chi connectivity index (χ2v) is 7.11. The summed E-state index contributed by atoms with van der Waals surface area (Å²) in [5, 5.41) is 7.33. The van der Waals surface area contributed by atoms with E-state index in [0.29, 0.717) is 5.11 Å². The molecule has 2 aromatic carbocycles. The van der Waals surface area contributed by atoms with Crippen molar-refractivity contribution in [3.05, 3.63) is 59.7 Å². The Bertz CT molecular complexity index is 744. The van der Waals surface area contributed by atoms with Crippen LogP contribution in [0.3, 0.4) is 0 Å². The molecule has 0 aliphatic carbocycles. The Morgan fingerprint density at radius 3 is 2.65 bits per heavy atom. The van der Waals surface area contributed by atoms with E-state index in [2.05, 4.69) is 46.7 Å². The number of hydrogen-bond donors (Lipinski definition) is 2. The summed E-state index contributed by atoms with van der Waals surface area (Å²) in [6, 6.07) is 16.7. The molecule has 0 unspecified atom stereocenters. The van der Waals surface area contributed by atoms with E-state index in [1.54, 1.807) is 7.11 Å². The van der Waals surface area contributed by atoms with Crippen molar-refractivity contribution in [2.45, 2.75) is 25.8 Å². The first-order chi connectivity index (χ1) is 12.7. The third-order valence-electron chi connectivity index (χ3n) is 4.81. The fraction of sp³-hybridized carbons (Fsp3) is 0.381. The maximum absolute atomic E-state index is 5.60. The average molecular weight is 370 g/mol. The topological polar surface area (TPSA) is 36.5 Å². The van der Waals surface area contributed by atoms with E-state index in [4.69, 9.17) is 17.0 Å². The van der Waals surface area contributed by atoms with Gasteiger partial charge >= 0.3 is 0 Å². The Labute approximate surface area is 161 Å². The van der Waals surface area contributed by atoms with Crippen LogP contribution in [0.2, 0.25) is 0 Å². The minimum absolute atomic E-state index is 0.242. The van der Waals surface area contributed by atoms with Gasteiger partial charge in [-0.05, 0) is 68.8 Å². The molecule has 2 N–H and O–H groups in total. The van der Waals surface area contributed by atoms with E-state index >= 15 is 0 Å². The molecule has 3 rings (SSSR count). The second kappa shape index (κ2) is 9.01. The number of likely N-dealkylation sites (tertiary alicyclic amines) is 1. The SMILES string of the molecule is COc1ccccc1[C@H](CNC(=S)Nc1cccc(C)c1)N1CCCC1. The molecule has 2 aromatic rings. The zero-order valence-corrected chi connectivity index (χ0v) is 16.3. The van der Waals surface area contributed by atoms with Crippen molar-refractivity contribution >= 4 is 23.0 Å². The van der Waals surface area contributed by atoms with Crippen molar-refractivity contribution in [3.63, 3.8) is 0 Å². The van der Waals surface area contributed by atoms with Crippen LogP contribution in [0.15, 0.2) is 48.5 Å². The van der Waals surface area contributed by atoms with Gasteiger partial charge in [-0.25, -0.2) is 0 Å². The normalized spacial score (nSPS) is 15.5. The Kier molecular flexibility index (Phi) is 6.47. The fourth-order valence-electron chi connectivity index (χ4n) is 3.52. The van der Waals surface area contributed by atoms with E-state index in [1.807, 2.05) is 24.3 Å². The van der Waals surface area contributed by atoms with Crippen LogP contribution in [0.4, 0.5) is 5.69 Å². The van der Waals surface area contributed by atoms with E-state index in [9.17, 15) is 0 Å². The molecule has 1 atom stereocenters. The third kappa shape index (κ3) is 4.74. The Hall–Kier alpha value is -2.11. The zero-order chi connectivity index (χ0) is 18.4. The summed E-state index contributed by atoms with van der Waals surface area (Å²) in [6.45, 7) is 5.05. The minimum atomic E-state index is 0.242. The third-order valence-corrected chi connectivity index (χ3v) is 5.06. The first-order valence-corrected chi connectivity index (χ1v) is 9.56. The number of thiocarbonyl (C=S) groups is 1. The van der Waals surface area contributed by atoms with Gasteiger partial charge in [-0.15, -0.1) is 0 Å². The lowest BCUT2D eigenvalue weighted by Crippen LogP contribution is -2.38. The molecule has 26 heavy (non-hydrogen) atoms. The highest BCUT2D eigenvalue weighted by Crippen LogP contribution is 2.31. The van der Waals surface area contributed by atoms with E-state index in [1.165, 1.54) is 24.0 Å². The van der Waals surface area contributed by atoms with Crippen LogP contribution in [-0.2, 0) is 0 Å². The molecule has 4 nitrogen and oxygen atoms in total. The van der Waals surface area contributed by atoms with E-state index in [0.717, 1.165) is 31.1 Å². The highest BCUT2D eigenvalue weighted by Gasteiger charge is 2.25. The number of para-hydroxylation sites is 1. The van der Waals surface area contributed by atoms with E-state index in [-0.39, 0.29) is 6.04 Å². The van der Waals surface area contributed by atoms with Crippen LogP contribution in [-0.4, -0.2) is 36.8 Å². The minimum Gasteiger partial charge on any atom is -0.496 e. The van der Waals surface area contributed by atoms with Gasteiger partial charge in [0, 0.05) is 17.8 Å². The van der Waals surface area contributed by atoms with Gasteiger partial charge in [-0.2, -0.15) is 0 Å². The van der Waals surface area contributed by atoms with Crippen molar-refractivity contribution in [2.75, 3.05) is 32.1 Å². The van der Waals surface area contributed by atoms with Gasteiger partial charge in [-0.3, -0.25) is 4.90 Å². The molecular formula is C21H27N3OS. The summed E-state index contributed by atoms with van der Waals surface area (Å²) in [5.74, 6) is 0.934. The molecule has 1 fully saturated rings. The van der Waals surface area contributed by atoms with Crippen molar-refractivity contribution in [1.82, 2.24) is 10.2 Å². The van der Waals surface area contributed by atoms with Crippen LogP contribution in [0.5, 0.6) is 5.75 Å². The van der Waals surface area contributed by atoms with Crippen LogP contribution < -0.4 is 15.4 Å². The van der Waals surface area contributed by atoms with Gasteiger partial charge in [0.15, 0.2) is 5.11 Å². The van der Waals surface area contributed by atoms with Gasteiger partial charge in [0.1, 0.15) is 5.75 Å². The number of aryl methyl sites for hydroxylation is 1. The molecule has 0 aromatic heterocycles. The van der Waals surface area contributed by atoms with Crippen LogP contribution >= 0.6 is 12.2 Å². The zero-order valence-electron chi connectivity index (χ0n) is 15.5. The molecule has 1 aliphatic rings. The second-order valence-electron chi connectivity index (χ2n) is 6.71. The maximum atomic E-state index is 5.60. The molecule has 0 spiro atoms. The molecule has 5 heteroatoms. The Morgan fingerprint density at radius 2 is 1.92 bits per heavy atom. The molecule has 0 saturated carbocycles. The van der Waals surface area contributed by atoms with Gasteiger partial charge in [0.05, 0.1) is 13.2 Å². The van der Waals surface area contributed by atoms with Gasteiger partial charge < -0.3 is 15.4 Å². The Morgan fingerprint density at radius 1 is 1.15 bits per heavy atom. The standard InChI is InChI=1S/C21H27N3OS/c1-16-8-7-9-17(14-16)23-21(26)22-15-19(24-12-5-6-13-24)18-10-3-4-11-20(18)25-2/h3-4,7-11,14,19H,5-6,12-13,15H2,1-2H3,(H2,22,23,26)/t19-/m0/s1. The number of nitrogens with zero attached hydrogens (tertiary/aromatic N) is 1. The van der Waals surface area contributed by atoms with Crippen molar-refractivity contribution in [3.8, 4) is 5.75 Å². The van der Waals surface area contributed by atoms with Crippen molar-refractivity contribution in [1.29, 1.82) is 0 Å². The predicted octanol–water partition coefficient (Wildman–Crippen LogP) is 4.13. The van der Waals surface area contributed by atoms with Crippen LogP contribution in [0.1, 0.15) is 30.0 Å². The lowest BCUT2D eigenvalue weighted by molar-refractivity contribution is 0.240. The largest absolute Gasteiger partial charge is 0.496 e. The summed E-state index contributed by atoms with van der Waals surface area (Å²) in [5.41, 5.74) is 3.43. The maximum Gasteiger partial charge on any atom is 0.170 e. The molecule has 138 valence electrons. The first-order valence-electron chi connectivity index (χ1n) is 9.16. The molecular weight excluding hydrogens is 342 g/mol. The van der Waals surface area contributed by atoms with Gasteiger partial charge in [0.2, 0.25) is 0 Å². The van der Waals surface area contributed by atoms with Gasteiger partial charge in [-0.1, -0.05) is 30.3 Å². The summed E-state index contributed by atoms with van der Waals surface area (Å²) >= 11 is 5.51. The molecule has 1 saturated heterocycles. The van der Waals surface area contributed by atoms with E-state index < -0.39 is 0 Å². The number of anilines is 1. The molecule has 1 aliphatic heterocycles. The molecule has 1 heterocycles. The summed E-state index contributed by atoms with van der Waals surface area (Å²) in [7, 11) is 1.73. The number of benzene rings is 2. The quantitative estimate of drug-likeness (QED) is 0.749. The summed E-state index contributed by atoms with van der Waals surface area (Å²) < 4.78 is 5.60. The summed E-state index contributed by atoms with van der Waals surface area (Å²) in [6.07, 6.45) is 2.50. The number of hydrogen-bond acceptors (Lipinski definition) is 3. The highest BCUT2D eigenvalue weighted by atomic mass is 32.1. The lowest BCUT2D eigenvalue weighted by Gasteiger charge is -2.29. The monoisotopic (exact) mass is 369 g/mol. The van der Waals surface area contributed by atoms with Crippen LogP contribution in [0.25, 0.3) is 0 Å². The highest BCUT2D eigenvalue weighted by molar-refractivity contribution is 7.80. The number of methoxy groups -OCH3 is 1. The molecule has 0 radical (unpaired) electrons. The number of nitrogens with one attached hydrogen (secondary N) is 2. The first kappa shape index (κ1) is 18.7. The summed E-state index contributed by atoms with van der Waals surface area (Å²) in [4.78, 5) is 2.51. The van der Waals surface area contributed by atoms with Gasteiger partial charge in [0.25, 0.3) is 0 Å². The molecule has 0 bridgehead atoms. The van der Waals surface area contributed by atoms with Crippen molar-refractivity contribution in [2.24, 2.45) is 0 Å². The Balaban J connectivity index is 1.69. The number of ether oxygens (including phenoxy) is 1. The lowest BCUT2D eigenvalue weighted by atomic mass is 10.0.